The Labute approximate surface area is 148 Å². The lowest BCUT2D eigenvalue weighted by Crippen LogP contribution is -2.14. The van der Waals surface area contributed by atoms with Gasteiger partial charge in [0.15, 0.2) is 0 Å². The van der Waals surface area contributed by atoms with Gasteiger partial charge in [-0.25, -0.2) is 0 Å². The molecular formula is C17H13ClN2OS2. The summed E-state index contributed by atoms with van der Waals surface area (Å²) >= 11 is 12.6. The van der Waals surface area contributed by atoms with Gasteiger partial charge in [0.25, 0.3) is 5.91 Å². The van der Waals surface area contributed by atoms with E-state index in [1.54, 1.807) is 24.3 Å². The lowest BCUT2D eigenvalue weighted by atomic mass is 9.91. The average Bonchev–Trinajstić information content (AvgIpc) is 2.56. The van der Waals surface area contributed by atoms with E-state index in [0.29, 0.717) is 21.2 Å². The summed E-state index contributed by atoms with van der Waals surface area (Å²) < 4.78 is 0.769. The van der Waals surface area contributed by atoms with Crippen molar-refractivity contribution in [2.75, 3.05) is 5.32 Å². The predicted molar refractivity (Wildman–Crippen MR) is 95.9 cm³/mol. The zero-order chi connectivity index (χ0) is 16.4. The molecule has 0 saturated carbocycles. The number of nitrogens with one attached hydrogen (secondary N) is 1. The first-order valence-electron chi connectivity index (χ1n) is 7.26. The Morgan fingerprint density at radius 1 is 1.22 bits per heavy atom. The van der Waals surface area contributed by atoms with Gasteiger partial charge in [-0.3, -0.25) is 4.79 Å². The van der Waals surface area contributed by atoms with E-state index in [1.807, 2.05) is 0 Å². The Kier molecular flexibility index (Phi) is 4.76. The van der Waals surface area contributed by atoms with Crippen LogP contribution >= 0.6 is 35.2 Å². The van der Waals surface area contributed by atoms with E-state index in [1.165, 1.54) is 11.3 Å². The van der Waals surface area contributed by atoms with Crippen LogP contribution in [0.15, 0.2) is 24.3 Å². The molecule has 1 amide bonds. The van der Waals surface area contributed by atoms with Gasteiger partial charge in [0.2, 0.25) is 0 Å². The molecule has 0 saturated heterocycles. The van der Waals surface area contributed by atoms with Gasteiger partial charge in [0.1, 0.15) is 11.1 Å². The molecule has 23 heavy (non-hydrogen) atoms. The molecule has 1 heterocycles. The van der Waals surface area contributed by atoms with Gasteiger partial charge >= 0.3 is 0 Å². The quantitative estimate of drug-likeness (QED) is 0.755. The van der Waals surface area contributed by atoms with Crippen LogP contribution in [0.3, 0.4) is 0 Å². The number of benzene rings is 1. The molecule has 0 bridgehead atoms. The first-order chi connectivity index (χ1) is 11.1. The molecule has 2 aromatic rings. The van der Waals surface area contributed by atoms with Gasteiger partial charge < -0.3 is 5.32 Å². The van der Waals surface area contributed by atoms with E-state index in [2.05, 4.69) is 11.4 Å². The van der Waals surface area contributed by atoms with Crippen LogP contribution in [0, 0.1) is 15.2 Å². The molecule has 0 fully saturated rings. The molecule has 0 atom stereocenters. The highest BCUT2D eigenvalue weighted by Crippen LogP contribution is 2.34. The monoisotopic (exact) mass is 360 g/mol. The van der Waals surface area contributed by atoms with Crippen LogP contribution in [0.4, 0.5) is 5.00 Å². The average molecular weight is 361 g/mol. The van der Waals surface area contributed by atoms with Crippen LogP contribution in [-0.2, 0) is 12.8 Å². The summed E-state index contributed by atoms with van der Waals surface area (Å²) in [7, 11) is 0. The summed E-state index contributed by atoms with van der Waals surface area (Å²) in [6, 6.07) is 8.88. The molecule has 1 aromatic heterocycles. The highest BCUT2D eigenvalue weighted by Gasteiger charge is 2.20. The van der Waals surface area contributed by atoms with E-state index in [4.69, 9.17) is 23.8 Å². The van der Waals surface area contributed by atoms with Crippen LogP contribution in [0.1, 0.15) is 39.9 Å². The molecule has 1 aliphatic rings. The minimum absolute atomic E-state index is 0.264. The van der Waals surface area contributed by atoms with Crippen LogP contribution in [-0.4, -0.2) is 5.91 Å². The molecule has 0 radical (unpaired) electrons. The molecule has 0 aliphatic heterocycles. The van der Waals surface area contributed by atoms with Crippen LogP contribution < -0.4 is 5.32 Å². The number of rotatable bonds is 2. The number of carbonyl (C=O) groups is 1. The third-order valence-electron chi connectivity index (χ3n) is 3.88. The first kappa shape index (κ1) is 16.1. The van der Waals surface area contributed by atoms with E-state index in [-0.39, 0.29) is 5.91 Å². The number of nitriles is 1. The zero-order valence-corrected chi connectivity index (χ0v) is 14.6. The highest BCUT2D eigenvalue weighted by molar-refractivity contribution is 7.73. The lowest BCUT2D eigenvalue weighted by Gasteiger charge is -2.18. The fourth-order valence-electron chi connectivity index (χ4n) is 2.73. The Balaban J connectivity index is 1.98. The molecule has 1 aliphatic carbocycles. The normalized spacial score (nSPS) is 13.0. The number of nitrogens with zero attached hydrogens (tertiary/aromatic N) is 1. The van der Waals surface area contributed by atoms with Gasteiger partial charge in [-0.05, 0) is 61.1 Å². The van der Waals surface area contributed by atoms with Gasteiger partial charge in [-0.15, -0.1) is 11.3 Å². The molecule has 0 spiro atoms. The molecule has 3 nitrogen and oxygen atoms in total. The number of hydrogen-bond acceptors (Lipinski definition) is 4. The van der Waals surface area contributed by atoms with Gasteiger partial charge in [-0.1, -0.05) is 23.8 Å². The number of halogens is 1. The van der Waals surface area contributed by atoms with Crippen LogP contribution in [0.2, 0.25) is 5.02 Å². The fourth-order valence-corrected chi connectivity index (χ4v) is 4.28. The highest BCUT2D eigenvalue weighted by atomic mass is 35.5. The number of anilines is 1. The van der Waals surface area contributed by atoms with E-state index >= 15 is 0 Å². The van der Waals surface area contributed by atoms with Gasteiger partial charge in [-0.2, -0.15) is 5.26 Å². The second-order valence-electron chi connectivity index (χ2n) is 5.33. The van der Waals surface area contributed by atoms with E-state index < -0.39 is 0 Å². The molecule has 3 rings (SSSR count). The molecule has 1 N–H and O–H groups in total. The maximum atomic E-state index is 12.4. The maximum absolute atomic E-state index is 12.4. The largest absolute Gasteiger partial charge is 0.312 e. The fraction of sp³-hybridized carbons (Fsp3) is 0.235. The smallest absolute Gasteiger partial charge is 0.256 e. The van der Waals surface area contributed by atoms with Gasteiger partial charge in [0.05, 0.1) is 9.39 Å². The molecular weight excluding hydrogens is 348 g/mol. The van der Waals surface area contributed by atoms with Crippen molar-refractivity contribution in [1.29, 1.82) is 5.26 Å². The molecule has 6 heteroatoms. The molecule has 1 aromatic carbocycles. The summed E-state index contributed by atoms with van der Waals surface area (Å²) in [5.74, 6) is -0.264. The minimum atomic E-state index is -0.264. The molecule has 116 valence electrons. The van der Waals surface area contributed by atoms with Crippen LogP contribution in [0.5, 0.6) is 0 Å². The number of carbonyl (C=O) groups excluding carboxylic acids is 1. The number of amides is 1. The second-order valence-corrected chi connectivity index (χ2v) is 7.45. The summed E-state index contributed by atoms with van der Waals surface area (Å²) in [6.07, 6.45) is 3.92. The standard InChI is InChI=1S/C17H13ClN2OS2/c18-11-7-5-10(6-8-11)15(21)20-16-14(9-19)12-3-1-2-4-13(12)17(22)23-16/h5-8H,1-4H2,(H,20,21). The maximum Gasteiger partial charge on any atom is 0.256 e. The summed E-state index contributed by atoms with van der Waals surface area (Å²) in [5, 5.41) is 13.5. The van der Waals surface area contributed by atoms with E-state index in [9.17, 15) is 10.1 Å². The van der Waals surface area contributed by atoms with Crippen LogP contribution in [0.25, 0.3) is 0 Å². The predicted octanol–water partition coefficient (Wildman–Crippen LogP) is 5.13. The zero-order valence-electron chi connectivity index (χ0n) is 12.2. The Morgan fingerprint density at radius 2 is 1.87 bits per heavy atom. The molecule has 0 unspecified atom stereocenters. The topological polar surface area (TPSA) is 52.9 Å². The van der Waals surface area contributed by atoms with Crippen molar-refractivity contribution in [3.8, 4) is 6.07 Å². The van der Waals surface area contributed by atoms with Crippen molar-refractivity contribution >= 4 is 46.1 Å². The summed E-state index contributed by atoms with van der Waals surface area (Å²) in [4.78, 5) is 12.4. The minimum Gasteiger partial charge on any atom is -0.312 e. The van der Waals surface area contributed by atoms with Crippen molar-refractivity contribution in [1.82, 2.24) is 0 Å². The van der Waals surface area contributed by atoms with Crippen molar-refractivity contribution in [2.45, 2.75) is 25.7 Å². The third kappa shape index (κ3) is 3.30. The second kappa shape index (κ2) is 6.79. The Bertz CT molecular complexity index is 866. The summed E-state index contributed by atoms with van der Waals surface area (Å²) in [5.41, 5.74) is 3.17. The number of hydrogen-bond donors (Lipinski definition) is 1. The van der Waals surface area contributed by atoms with Crippen molar-refractivity contribution in [3.05, 3.63) is 55.4 Å². The van der Waals surface area contributed by atoms with E-state index in [0.717, 1.165) is 40.6 Å². The van der Waals surface area contributed by atoms with Crippen molar-refractivity contribution < 1.29 is 4.79 Å². The number of fused-ring (bicyclic) bond motifs is 1. The lowest BCUT2D eigenvalue weighted by molar-refractivity contribution is 0.102. The summed E-state index contributed by atoms with van der Waals surface area (Å²) in [6.45, 7) is 0. The van der Waals surface area contributed by atoms with Gasteiger partial charge in [0, 0.05) is 10.6 Å². The Morgan fingerprint density at radius 3 is 2.52 bits per heavy atom. The van der Waals surface area contributed by atoms with Crippen molar-refractivity contribution in [3.63, 3.8) is 0 Å². The Hall–Kier alpha value is -1.74. The third-order valence-corrected chi connectivity index (χ3v) is 5.57. The first-order valence-corrected chi connectivity index (χ1v) is 8.86. The SMILES string of the molecule is N#Cc1c(NC(=O)c2ccc(Cl)cc2)sc(=S)c2c1CCCC2. The van der Waals surface area contributed by atoms with Crippen molar-refractivity contribution in [2.24, 2.45) is 0 Å².